The summed E-state index contributed by atoms with van der Waals surface area (Å²) in [5, 5.41) is 2.79. The van der Waals surface area contributed by atoms with E-state index < -0.39 is 6.61 Å². The van der Waals surface area contributed by atoms with E-state index in [1.165, 1.54) is 42.7 Å². The van der Waals surface area contributed by atoms with Crippen molar-refractivity contribution in [2.24, 2.45) is 0 Å². The van der Waals surface area contributed by atoms with Crippen molar-refractivity contribution in [3.63, 3.8) is 0 Å². The second kappa shape index (κ2) is 7.93. The largest absolute Gasteiger partial charge is 0.435 e. The van der Waals surface area contributed by atoms with Crippen LogP contribution in [0.1, 0.15) is 25.7 Å². The molecule has 0 bridgehead atoms. The zero-order valence-corrected chi connectivity index (χ0v) is 11.9. The number of likely N-dealkylation sites (tertiary alicyclic amines) is 1. The Bertz CT molecular complexity index is 443. The Morgan fingerprint density at radius 1 is 1.14 bits per heavy atom. The van der Waals surface area contributed by atoms with E-state index in [4.69, 9.17) is 0 Å². The van der Waals surface area contributed by atoms with Crippen LogP contribution < -0.4 is 15.0 Å². The van der Waals surface area contributed by atoms with Gasteiger partial charge in [0.15, 0.2) is 6.54 Å². The molecule has 2 rings (SSSR count). The van der Waals surface area contributed by atoms with E-state index in [9.17, 15) is 13.6 Å². The number of rotatable bonds is 5. The van der Waals surface area contributed by atoms with Gasteiger partial charge in [0, 0.05) is 5.69 Å². The molecule has 1 aromatic rings. The van der Waals surface area contributed by atoms with Gasteiger partial charge in [0.25, 0.3) is 5.91 Å². The van der Waals surface area contributed by atoms with E-state index in [-0.39, 0.29) is 11.7 Å². The summed E-state index contributed by atoms with van der Waals surface area (Å²) in [6, 6.07) is 5.96. The highest BCUT2D eigenvalue weighted by molar-refractivity contribution is 5.91. The molecule has 1 fully saturated rings. The number of quaternary nitrogens is 1. The molecule has 0 aliphatic carbocycles. The lowest BCUT2D eigenvalue weighted by atomic mass is 10.2. The number of anilines is 1. The Hall–Kier alpha value is -1.69. The van der Waals surface area contributed by atoms with Gasteiger partial charge in [-0.1, -0.05) is 0 Å². The summed E-state index contributed by atoms with van der Waals surface area (Å²) in [5.74, 6) is 0.0376. The Morgan fingerprint density at radius 2 is 1.76 bits per heavy atom. The molecule has 4 nitrogen and oxygen atoms in total. The predicted molar refractivity (Wildman–Crippen MR) is 75.7 cm³/mol. The number of hydrogen-bond acceptors (Lipinski definition) is 2. The molecule has 0 spiro atoms. The van der Waals surface area contributed by atoms with Crippen LogP contribution in [-0.2, 0) is 4.79 Å². The maximum Gasteiger partial charge on any atom is 0.387 e. The van der Waals surface area contributed by atoms with Crippen LogP contribution in [0.4, 0.5) is 14.5 Å². The number of carbonyl (C=O) groups is 1. The van der Waals surface area contributed by atoms with E-state index >= 15 is 0 Å². The zero-order valence-electron chi connectivity index (χ0n) is 11.9. The first-order chi connectivity index (χ1) is 10.1. The van der Waals surface area contributed by atoms with Crippen LogP contribution in [0.2, 0.25) is 0 Å². The Balaban J connectivity index is 1.81. The van der Waals surface area contributed by atoms with Crippen molar-refractivity contribution in [2.45, 2.75) is 32.3 Å². The van der Waals surface area contributed by atoms with Crippen molar-refractivity contribution >= 4 is 11.6 Å². The molecule has 1 heterocycles. The second-order valence-corrected chi connectivity index (χ2v) is 5.29. The monoisotopic (exact) mass is 299 g/mol. The van der Waals surface area contributed by atoms with Gasteiger partial charge in [0.05, 0.1) is 13.1 Å². The van der Waals surface area contributed by atoms with Crippen LogP contribution in [0.25, 0.3) is 0 Å². The summed E-state index contributed by atoms with van der Waals surface area (Å²) in [6.45, 7) is -0.310. The Kier molecular flexibility index (Phi) is 5.92. The Labute approximate surface area is 123 Å². The van der Waals surface area contributed by atoms with Crippen molar-refractivity contribution < 1.29 is 23.2 Å². The van der Waals surface area contributed by atoms with Crippen LogP contribution in [0, 0.1) is 0 Å². The lowest BCUT2D eigenvalue weighted by Gasteiger charge is -2.16. The van der Waals surface area contributed by atoms with Crippen LogP contribution in [0.5, 0.6) is 5.75 Å². The number of ether oxygens (including phenoxy) is 1. The van der Waals surface area contributed by atoms with Crippen LogP contribution in [-0.4, -0.2) is 32.2 Å². The third kappa shape index (κ3) is 5.67. The average Bonchev–Trinajstić information content (AvgIpc) is 2.69. The minimum absolute atomic E-state index is 0.0468. The van der Waals surface area contributed by atoms with Crippen molar-refractivity contribution in [1.82, 2.24) is 0 Å². The topological polar surface area (TPSA) is 42.8 Å². The normalized spacial score (nSPS) is 16.5. The number of benzene rings is 1. The highest BCUT2D eigenvalue weighted by atomic mass is 19.3. The van der Waals surface area contributed by atoms with Crippen molar-refractivity contribution in [3.8, 4) is 5.75 Å². The third-order valence-corrected chi connectivity index (χ3v) is 3.58. The van der Waals surface area contributed by atoms with Crippen molar-refractivity contribution in [1.29, 1.82) is 0 Å². The number of alkyl halides is 2. The molecule has 1 saturated heterocycles. The highest BCUT2D eigenvalue weighted by Gasteiger charge is 2.16. The fraction of sp³-hybridized carbons (Fsp3) is 0.533. The number of amides is 1. The fourth-order valence-electron chi connectivity index (χ4n) is 2.56. The number of halogens is 2. The maximum absolute atomic E-state index is 12.0. The minimum Gasteiger partial charge on any atom is -0.435 e. The minimum atomic E-state index is -2.84. The first-order valence-corrected chi connectivity index (χ1v) is 7.32. The molecule has 1 amide bonds. The van der Waals surface area contributed by atoms with E-state index in [0.717, 1.165) is 13.1 Å². The van der Waals surface area contributed by atoms with Gasteiger partial charge in [-0.25, -0.2) is 0 Å². The van der Waals surface area contributed by atoms with Gasteiger partial charge >= 0.3 is 6.61 Å². The van der Waals surface area contributed by atoms with Gasteiger partial charge in [0.1, 0.15) is 5.75 Å². The third-order valence-electron chi connectivity index (χ3n) is 3.58. The molecular formula is C15H21F2N2O2+. The standard InChI is InChI=1S/C15H20F2N2O2/c16-15(17)21-13-7-5-12(6-8-13)18-14(20)11-19-9-3-1-2-4-10-19/h5-8,15H,1-4,9-11H2,(H,18,20)/p+1. The number of carbonyl (C=O) groups excluding carboxylic acids is 1. The lowest BCUT2D eigenvalue weighted by Crippen LogP contribution is -3.12. The molecular weight excluding hydrogens is 278 g/mol. The summed E-state index contributed by atoms with van der Waals surface area (Å²) in [7, 11) is 0. The molecule has 0 radical (unpaired) electrons. The molecule has 116 valence electrons. The smallest absolute Gasteiger partial charge is 0.387 e. The zero-order chi connectivity index (χ0) is 15.1. The quantitative estimate of drug-likeness (QED) is 0.869. The van der Waals surface area contributed by atoms with Gasteiger partial charge in [-0.15, -0.1) is 0 Å². The van der Waals surface area contributed by atoms with E-state index in [1.807, 2.05) is 0 Å². The van der Waals surface area contributed by atoms with Gasteiger partial charge in [-0.2, -0.15) is 8.78 Å². The van der Waals surface area contributed by atoms with Gasteiger partial charge < -0.3 is 15.0 Å². The molecule has 0 unspecified atom stereocenters. The maximum atomic E-state index is 12.0. The van der Waals surface area contributed by atoms with Gasteiger partial charge in [-0.3, -0.25) is 4.79 Å². The molecule has 1 aromatic carbocycles. The molecule has 2 N–H and O–H groups in total. The molecule has 6 heteroatoms. The van der Waals surface area contributed by atoms with Crippen molar-refractivity contribution in [3.05, 3.63) is 24.3 Å². The van der Waals surface area contributed by atoms with E-state index in [1.54, 1.807) is 12.1 Å². The molecule has 0 saturated carbocycles. The lowest BCUT2D eigenvalue weighted by molar-refractivity contribution is -0.890. The fourth-order valence-corrected chi connectivity index (χ4v) is 2.56. The van der Waals surface area contributed by atoms with Crippen LogP contribution in [0.15, 0.2) is 24.3 Å². The Morgan fingerprint density at radius 3 is 2.33 bits per heavy atom. The first kappa shape index (κ1) is 15.7. The average molecular weight is 299 g/mol. The van der Waals surface area contributed by atoms with Gasteiger partial charge in [0.2, 0.25) is 0 Å². The van der Waals surface area contributed by atoms with Crippen molar-refractivity contribution in [2.75, 3.05) is 25.0 Å². The molecule has 1 aliphatic heterocycles. The summed E-state index contributed by atoms with van der Waals surface area (Å²) in [4.78, 5) is 13.3. The molecule has 0 atom stereocenters. The summed E-state index contributed by atoms with van der Waals surface area (Å²) >= 11 is 0. The highest BCUT2D eigenvalue weighted by Crippen LogP contribution is 2.17. The predicted octanol–water partition coefficient (Wildman–Crippen LogP) is 1.69. The summed E-state index contributed by atoms with van der Waals surface area (Å²) < 4.78 is 28.3. The molecule has 21 heavy (non-hydrogen) atoms. The molecule has 0 aromatic heterocycles. The van der Waals surface area contributed by atoms with Crippen LogP contribution >= 0.6 is 0 Å². The van der Waals surface area contributed by atoms with Crippen LogP contribution in [0.3, 0.4) is 0 Å². The molecule has 1 aliphatic rings. The number of hydrogen-bond donors (Lipinski definition) is 2. The van der Waals surface area contributed by atoms with Gasteiger partial charge in [-0.05, 0) is 49.9 Å². The number of nitrogens with one attached hydrogen (secondary N) is 2. The SMILES string of the molecule is O=C(C[NH+]1CCCCCC1)Nc1ccc(OC(F)F)cc1. The van der Waals surface area contributed by atoms with E-state index in [0.29, 0.717) is 12.2 Å². The second-order valence-electron chi connectivity index (χ2n) is 5.29. The van der Waals surface area contributed by atoms with E-state index in [2.05, 4.69) is 10.1 Å². The first-order valence-electron chi connectivity index (χ1n) is 7.32. The summed E-state index contributed by atoms with van der Waals surface area (Å²) in [6.07, 6.45) is 4.83. The summed E-state index contributed by atoms with van der Waals surface area (Å²) in [5.41, 5.74) is 0.593.